The van der Waals surface area contributed by atoms with Gasteiger partial charge in [-0.05, 0) is 36.6 Å². The van der Waals surface area contributed by atoms with Gasteiger partial charge in [-0.1, -0.05) is 35.9 Å². The highest BCUT2D eigenvalue weighted by molar-refractivity contribution is 5.61. The fourth-order valence-corrected chi connectivity index (χ4v) is 2.51. The van der Waals surface area contributed by atoms with Crippen LogP contribution >= 0.6 is 0 Å². The number of benzene rings is 2. The molecule has 0 fully saturated rings. The summed E-state index contributed by atoms with van der Waals surface area (Å²) in [7, 11) is 0. The third-order valence-electron chi connectivity index (χ3n) is 3.44. The van der Waals surface area contributed by atoms with Gasteiger partial charge in [0, 0.05) is 5.69 Å². The van der Waals surface area contributed by atoms with E-state index in [2.05, 4.69) is 48.6 Å². The molecule has 0 amide bonds. The average Bonchev–Trinajstić information content (AvgIpc) is 2.81. The zero-order valence-electron chi connectivity index (χ0n) is 10.3. The van der Waals surface area contributed by atoms with Gasteiger partial charge in [-0.25, -0.2) is 0 Å². The van der Waals surface area contributed by atoms with Crippen LogP contribution in [0.4, 0.5) is 5.69 Å². The van der Waals surface area contributed by atoms with E-state index in [0.29, 0.717) is 11.6 Å². The summed E-state index contributed by atoms with van der Waals surface area (Å²) >= 11 is 0. The van der Waals surface area contributed by atoms with Crippen molar-refractivity contribution < 1.29 is 0 Å². The van der Waals surface area contributed by atoms with Crippen LogP contribution in [0, 0.1) is 18.3 Å². The van der Waals surface area contributed by atoms with Crippen LogP contribution in [0.2, 0.25) is 0 Å². The second kappa shape index (κ2) is 4.19. The van der Waals surface area contributed by atoms with Crippen molar-refractivity contribution in [2.24, 2.45) is 0 Å². The summed E-state index contributed by atoms with van der Waals surface area (Å²) in [5, 5.41) is 12.4. The van der Waals surface area contributed by atoms with Crippen molar-refractivity contribution in [2.75, 3.05) is 5.32 Å². The molecule has 1 heterocycles. The number of hydrogen-bond donors (Lipinski definition) is 1. The SMILES string of the molecule is Cc1cccc(C2Cc3ccc(C#N)cc3N2)c1. The molecule has 1 unspecified atom stereocenters. The molecule has 0 radical (unpaired) electrons. The minimum atomic E-state index is 0.328. The molecule has 88 valence electrons. The maximum absolute atomic E-state index is 8.91. The summed E-state index contributed by atoms with van der Waals surface area (Å²) < 4.78 is 0. The Labute approximate surface area is 107 Å². The fourth-order valence-electron chi connectivity index (χ4n) is 2.51. The molecule has 18 heavy (non-hydrogen) atoms. The highest BCUT2D eigenvalue weighted by Crippen LogP contribution is 2.34. The van der Waals surface area contributed by atoms with E-state index in [9.17, 15) is 0 Å². The van der Waals surface area contributed by atoms with E-state index in [-0.39, 0.29) is 0 Å². The Morgan fingerprint density at radius 1 is 1.22 bits per heavy atom. The number of nitrogens with zero attached hydrogens (tertiary/aromatic N) is 1. The minimum absolute atomic E-state index is 0.328. The number of nitrogens with one attached hydrogen (secondary N) is 1. The molecule has 1 atom stereocenters. The predicted molar refractivity (Wildman–Crippen MR) is 72.4 cm³/mol. The third-order valence-corrected chi connectivity index (χ3v) is 3.44. The monoisotopic (exact) mass is 234 g/mol. The standard InChI is InChI=1S/C16H14N2/c1-11-3-2-4-13(7-11)16-9-14-6-5-12(10-17)8-15(14)18-16/h2-8,16,18H,9H2,1H3. The molecule has 2 nitrogen and oxygen atoms in total. The largest absolute Gasteiger partial charge is 0.378 e. The van der Waals surface area contributed by atoms with Crippen molar-refractivity contribution in [1.29, 1.82) is 5.26 Å². The zero-order valence-corrected chi connectivity index (χ0v) is 10.3. The Hall–Kier alpha value is -2.27. The molecule has 0 saturated carbocycles. The van der Waals surface area contributed by atoms with Crippen molar-refractivity contribution in [3.8, 4) is 6.07 Å². The first-order valence-electron chi connectivity index (χ1n) is 6.12. The van der Waals surface area contributed by atoms with Gasteiger partial charge in [0.25, 0.3) is 0 Å². The first-order valence-corrected chi connectivity index (χ1v) is 6.12. The van der Waals surface area contributed by atoms with Crippen LogP contribution in [-0.2, 0) is 6.42 Å². The average molecular weight is 234 g/mol. The Kier molecular flexibility index (Phi) is 2.53. The maximum atomic E-state index is 8.91. The smallest absolute Gasteiger partial charge is 0.0992 e. The van der Waals surface area contributed by atoms with Crippen LogP contribution in [0.5, 0.6) is 0 Å². The molecular formula is C16H14N2. The first-order chi connectivity index (χ1) is 8.76. The Morgan fingerprint density at radius 3 is 2.89 bits per heavy atom. The van der Waals surface area contributed by atoms with Crippen molar-refractivity contribution in [3.05, 3.63) is 64.7 Å². The van der Waals surface area contributed by atoms with Gasteiger partial charge < -0.3 is 5.32 Å². The van der Waals surface area contributed by atoms with E-state index in [4.69, 9.17) is 5.26 Å². The molecule has 0 aromatic heterocycles. The van der Waals surface area contributed by atoms with E-state index in [0.717, 1.165) is 12.1 Å². The maximum Gasteiger partial charge on any atom is 0.0992 e. The van der Waals surface area contributed by atoms with Crippen molar-refractivity contribution in [3.63, 3.8) is 0 Å². The fraction of sp³-hybridized carbons (Fsp3) is 0.188. The Balaban J connectivity index is 1.91. The van der Waals surface area contributed by atoms with Gasteiger partial charge in [-0.2, -0.15) is 5.26 Å². The van der Waals surface area contributed by atoms with Crippen LogP contribution < -0.4 is 5.32 Å². The summed E-state index contributed by atoms with van der Waals surface area (Å²) in [5.41, 5.74) is 5.69. The summed E-state index contributed by atoms with van der Waals surface area (Å²) in [6.07, 6.45) is 0.991. The van der Waals surface area contributed by atoms with Gasteiger partial charge in [-0.15, -0.1) is 0 Å². The van der Waals surface area contributed by atoms with Crippen LogP contribution in [0.3, 0.4) is 0 Å². The minimum Gasteiger partial charge on any atom is -0.378 e. The summed E-state index contributed by atoms with van der Waals surface area (Å²) in [4.78, 5) is 0. The van der Waals surface area contributed by atoms with Gasteiger partial charge in [0.1, 0.15) is 0 Å². The number of rotatable bonds is 1. The normalized spacial score (nSPS) is 16.8. The van der Waals surface area contributed by atoms with Gasteiger partial charge in [0.05, 0.1) is 17.7 Å². The first kappa shape index (κ1) is 10.9. The molecule has 1 aliphatic heterocycles. The van der Waals surface area contributed by atoms with E-state index < -0.39 is 0 Å². The van der Waals surface area contributed by atoms with Crippen LogP contribution in [0.25, 0.3) is 0 Å². The van der Waals surface area contributed by atoms with E-state index >= 15 is 0 Å². The van der Waals surface area contributed by atoms with E-state index in [1.165, 1.54) is 16.7 Å². The summed E-state index contributed by atoms with van der Waals surface area (Å²) in [6, 6.07) is 17.0. The van der Waals surface area contributed by atoms with E-state index in [1.54, 1.807) is 0 Å². The number of anilines is 1. The molecule has 0 aliphatic carbocycles. The Bertz CT molecular complexity index is 638. The molecular weight excluding hydrogens is 220 g/mol. The van der Waals surface area contributed by atoms with Crippen molar-refractivity contribution in [1.82, 2.24) is 0 Å². The van der Waals surface area contributed by atoms with Gasteiger partial charge in [0.15, 0.2) is 0 Å². The molecule has 2 aromatic rings. The van der Waals surface area contributed by atoms with Gasteiger partial charge in [0.2, 0.25) is 0 Å². The number of fused-ring (bicyclic) bond motifs is 1. The quantitative estimate of drug-likeness (QED) is 0.818. The lowest BCUT2D eigenvalue weighted by Crippen LogP contribution is -2.05. The van der Waals surface area contributed by atoms with Crippen LogP contribution in [0.1, 0.15) is 28.3 Å². The zero-order chi connectivity index (χ0) is 12.5. The molecule has 0 spiro atoms. The molecule has 0 saturated heterocycles. The topological polar surface area (TPSA) is 35.8 Å². The van der Waals surface area contributed by atoms with Crippen LogP contribution in [-0.4, -0.2) is 0 Å². The lowest BCUT2D eigenvalue weighted by molar-refractivity contribution is 0.823. The van der Waals surface area contributed by atoms with Gasteiger partial charge in [-0.3, -0.25) is 0 Å². The lowest BCUT2D eigenvalue weighted by atomic mass is 10.0. The highest BCUT2D eigenvalue weighted by Gasteiger charge is 2.22. The van der Waals surface area contributed by atoms with E-state index in [1.807, 2.05) is 12.1 Å². The number of nitriles is 1. The number of hydrogen-bond acceptors (Lipinski definition) is 2. The number of aryl methyl sites for hydroxylation is 1. The molecule has 3 rings (SSSR count). The van der Waals surface area contributed by atoms with Crippen molar-refractivity contribution in [2.45, 2.75) is 19.4 Å². The van der Waals surface area contributed by atoms with Crippen LogP contribution in [0.15, 0.2) is 42.5 Å². The molecule has 1 aliphatic rings. The van der Waals surface area contributed by atoms with Gasteiger partial charge >= 0.3 is 0 Å². The lowest BCUT2D eigenvalue weighted by Gasteiger charge is -2.12. The highest BCUT2D eigenvalue weighted by atomic mass is 14.9. The third kappa shape index (κ3) is 1.84. The second-order valence-corrected chi connectivity index (χ2v) is 4.80. The Morgan fingerprint density at radius 2 is 2.11 bits per heavy atom. The second-order valence-electron chi connectivity index (χ2n) is 4.80. The van der Waals surface area contributed by atoms with Crippen molar-refractivity contribution >= 4 is 5.69 Å². The molecule has 2 aromatic carbocycles. The predicted octanol–water partition coefficient (Wildman–Crippen LogP) is 3.58. The molecule has 1 N–H and O–H groups in total. The summed E-state index contributed by atoms with van der Waals surface area (Å²) in [5.74, 6) is 0. The summed E-state index contributed by atoms with van der Waals surface area (Å²) in [6.45, 7) is 2.11. The molecule has 0 bridgehead atoms. The molecule has 2 heteroatoms.